The molecule has 4 aromatic carbocycles. The third kappa shape index (κ3) is 11.5. The number of benzene rings is 4. The molecule has 50 heavy (non-hydrogen) atoms. The molecule has 0 heterocycles. The molecule has 4 aromatic rings. The van der Waals surface area contributed by atoms with E-state index in [9.17, 15) is 19.2 Å². The van der Waals surface area contributed by atoms with Crippen LogP contribution >= 0.6 is 69.6 Å². The molecule has 4 rings (SSSR count). The molecule has 0 aliphatic carbocycles. The number of nitrogens with one attached hydrogen (secondary N) is 2. The van der Waals surface area contributed by atoms with Gasteiger partial charge in [-0.3, -0.25) is 30.0 Å². The summed E-state index contributed by atoms with van der Waals surface area (Å²) in [4.78, 5) is 50.8. The standard InChI is InChI=1S/2C18H17Cl3N2O2/c1-18(2,3)23(17(25)12-8-14(20)10-15(21)9-12)22-16(24)11-4-6-13(19)7-5-11;1-18(2,3)23(17(25)14-9-8-13(20)10-15(14)21)22-16(24)11-4-6-12(19)7-5-11/h2*4-10H,1-3H3,(H,22,24). The van der Waals surface area contributed by atoms with Crippen LogP contribution in [0.2, 0.25) is 30.1 Å². The van der Waals surface area contributed by atoms with E-state index in [0.29, 0.717) is 36.2 Å². The van der Waals surface area contributed by atoms with Crippen LogP contribution in [-0.2, 0) is 0 Å². The molecule has 8 nitrogen and oxygen atoms in total. The molecule has 0 aliphatic heterocycles. The Hall–Kier alpha value is -3.50. The number of hydrogen-bond acceptors (Lipinski definition) is 4. The fourth-order valence-corrected chi connectivity index (χ4v) is 5.44. The van der Waals surface area contributed by atoms with Crippen LogP contribution in [0.1, 0.15) is 83.0 Å². The SMILES string of the molecule is CC(C)(C)N(NC(=O)c1ccc(Cl)cc1)C(=O)c1cc(Cl)cc(Cl)c1.CC(C)(C)N(NC(=O)c1ccc(Cl)cc1)C(=O)c1ccc(Cl)cc1Cl. The normalized spacial score (nSPS) is 11.1. The molecule has 0 spiro atoms. The van der Waals surface area contributed by atoms with Crippen LogP contribution in [-0.4, -0.2) is 44.7 Å². The first-order valence-corrected chi connectivity index (χ1v) is 17.2. The number of amides is 4. The number of halogens is 6. The van der Waals surface area contributed by atoms with Crippen molar-refractivity contribution in [1.82, 2.24) is 20.9 Å². The van der Waals surface area contributed by atoms with Gasteiger partial charge in [-0.1, -0.05) is 69.6 Å². The Kier molecular flexibility index (Phi) is 14.0. The molecule has 0 radical (unpaired) electrons. The van der Waals surface area contributed by atoms with Gasteiger partial charge in [-0.05, 0) is 126 Å². The van der Waals surface area contributed by atoms with Crippen LogP contribution in [0.3, 0.4) is 0 Å². The van der Waals surface area contributed by atoms with E-state index >= 15 is 0 Å². The molecule has 0 saturated heterocycles. The van der Waals surface area contributed by atoms with Crippen LogP contribution in [0.4, 0.5) is 0 Å². The molecule has 0 unspecified atom stereocenters. The van der Waals surface area contributed by atoms with Crippen LogP contribution in [0, 0.1) is 0 Å². The van der Waals surface area contributed by atoms with Gasteiger partial charge in [0.25, 0.3) is 23.6 Å². The van der Waals surface area contributed by atoms with Gasteiger partial charge in [-0.15, -0.1) is 0 Å². The number of hydrogen-bond donors (Lipinski definition) is 2. The summed E-state index contributed by atoms with van der Waals surface area (Å²) in [6.45, 7) is 10.8. The zero-order valence-corrected chi connectivity index (χ0v) is 32.4. The summed E-state index contributed by atoms with van der Waals surface area (Å²) in [5.74, 6) is -1.70. The summed E-state index contributed by atoms with van der Waals surface area (Å²) in [5.41, 5.74) is 5.23. The van der Waals surface area contributed by atoms with E-state index in [1.54, 1.807) is 96.1 Å². The summed E-state index contributed by atoms with van der Waals surface area (Å²) < 4.78 is 0. The summed E-state index contributed by atoms with van der Waals surface area (Å²) in [6, 6.07) is 21.9. The van der Waals surface area contributed by atoms with Gasteiger partial charge in [-0.25, -0.2) is 10.0 Å². The second-order valence-electron chi connectivity index (χ2n) is 12.8. The van der Waals surface area contributed by atoms with Crippen molar-refractivity contribution in [2.24, 2.45) is 0 Å². The predicted molar refractivity (Wildman–Crippen MR) is 203 cm³/mol. The Labute approximate surface area is 321 Å². The van der Waals surface area contributed by atoms with E-state index in [1.165, 1.54) is 40.3 Å². The second kappa shape index (κ2) is 17.1. The maximum atomic E-state index is 12.9. The van der Waals surface area contributed by atoms with Gasteiger partial charge in [0.1, 0.15) is 0 Å². The first-order chi connectivity index (χ1) is 23.2. The van der Waals surface area contributed by atoms with E-state index in [2.05, 4.69) is 10.9 Å². The van der Waals surface area contributed by atoms with E-state index < -0.39 is 34.7 Å². The number of nitrogens with zero attached hydrogens (tertiary/aromatic N) is 2. The van der Waals surface area contributed by atoms with Crippen molar-refractivity contribution in [2.75, 3.05) is 0 Å². The summed E-state index contributed by atoms with van der Waals surface area (Å²) in [5, 5.41) is 4.87. The van der Waals surface area contributed by atoms with Crippen LogP contribution in [0.25, 0.3) is 0 Å². The molecule has 0 aliphatic rings. The number of hydrazine groups is 2. The zero-order chi connectivity index (χ0) is 37.6. The molecule has 14 heteroatoms. The van der Waals surface area contributed by atoms with Crippen LogP contribution in [0.15, 0.2) is 84.9 Å². The maximum absolute atomic E-state index is 12.9. The fraction of sp³-hybridized carbons (Fsp3) is 0.222. The van der Waals surface area contributed by atoms with Gasteiger partial charge in [0, 0.05) is 41.8 Å². The first-order valence-electron chi connectivity index (χ1n) is 14.9. The van der Waals surface area contributed by atoms with Gasteiger partial charge < -0.3 is 0 Å². The molecule has 4 amide bonds. The van der Waals surface area contributed by atoms with Crippen molar-refractivity contribution >= 4 is 93.2 Å². The van der Waals surface area contributed by atoms with Gasteiger partial charge >= 0.3 is 0 Å². The average molecular weight is 799 g/mol. The maximum Gasteiger partial charge on any atom is 0.274 e. The number of rotatable bonds is 4. The Morgan fingerprint density at radius 1 is 0.460 bits per heavy atom. The van der Waals surface area contributed by atoms with E-state index in [1.807, 2.05) is 0 Å². The van der Waals surface area contributed by atoms with Gasteiger partial charge in [0.15, 0.2) is 0 Å². The van der Waals surface area contributed by atoms with Gasteiger partial charge in [-0.2, -0.15) is 0 Å². The summed E-state index contributed by atoms with van der Waals surface area (Å²) in [6.07, 6.45) is 0. The minimum atomic E-state index is -0.678. The lowest BCUT2D eigenvalue weighted by Crippen LogP contribution is -2.55. The molecular formula is C36H34Cl6N4O4. The third-order valence-corrected chi connectivity index (χ3v) is 8.15. The zero-order valence-electron chi connectivity index (χ0n) is 27.9. The second-order valence-corrected chi connectivity index (χ2v) is 15.4. The van der Waals surface area contributed by atoms with Crippen molar-refractivity contribution < 1.29 is 19.2 Å². The highest BCUT2D eigenvalue weighted by molar-refractivity contribution is 6.37. The smallest absolute Gasteiger partial charge is 0.267 e. The number of carbonyl (C=O) groups is 4. The molecule has 0 saturated carbocycles. The largest absolute Gasteiger partial charge is 0.274 e. The molecule has 0 atom stereocenters. The van der Waals surface area contributed by atoms with Crippen LogP contribution in [0.5, 0.6) is 0 Å². The molecule has 0 aromatic heterocycles. The highest BCUT2D eigenvalue weighted by Gasteiger charge is 2.32. The quantitative estimate of drug-likeness (QED) is 0.201. The Morgan fingerprint density at radius 3 is 1.22 bits per heavy atom. The fourth-order valence-electron chi connectivity index (χ4n) is 4.17. The molecule has 2 N–H and O–H groups in total. The van der Waals surface area contributed by atoms with E-state index in [-0.39, 0.29) is 16.1 Å². The Morgan fingerprint density at radius 2 is 0.840 bits per heavy atom. The highest BCUT2D eigenvalue weighted by Crippen LogP contribution is 2.25. The lowest BCUT2D eigenvalue weighted by Gasteiger charge is -2.35. The molecule has 0 bridgehead atoms. The summed E-state index contributed by atoms with van der Waals surface area (Å²) in [7, 11) is 0. The summed E-state index contributed by atoms with van der Waals surface area (Å²) >= 11 is 35.6. The van der Waals surface area contributed by atoms with Crippen molar-refractivity contribution in [3.05, 3.63) is 137 Å². The minimum absolute atomic E-state index is 0.215. The third-order valence-electron chi connectivity index (χ3n) is 6.66. The van der Waals surface area contributed by atoms with Gasteiger partial charge in [0.05, 0.1) is 21.7 Å². The van der Waals surface area contributed by atoms with Crippen molar-refractivity contribution in [2.45, 2.75) is 52.6 Å². The topological polar surface area (TPSA) is 98.8 Å². The van der Waals surface area contributed by atoms with Crippen LogP contribution < -0.4 is 10.9 Å². The first kappa shape index (κ1) is 40.9. The predicted octanol–water partition coefficient (Wildman–Crippen LogP) is 10.5. The molecular weight excluding hydrogens is 765 g/mol. The minimum Gasteiger partial charge on any atom is -0.267 e. The monoisotopic (exact) mass is 796 g/mol. The van der Waals surface area contributed by atoms with E-state index in [0.717, 1.165) is 0 Å². The average Bonchev–Trinajstić information content (AvgIpc) is 3.01. The molecule has 264 valence electrons. The van der Waals surface area contributed by atoms with E-state index in [4.69, 9.17) is 69.6 Å². The number of carbonyl (C=O) groups excluding carboxylic acids is 4. The Bertz CT molecular complexity index is 1850. The lowest BCUT2D eigenvalue weighted by molar-refractivity contribution is 0.0357. The highest BCUT2D eigenvalue weighted by atomic mass is 35.5. The van der Waals surface area contributed by atoms with Gasteiger partial charge in [0.2, 0.25) is 0 Å². The van der Waals surface area contributed by atoms with Crippen molar-refractivity contribution in [3.63, 3.8) is 0 Å². The lowest BCUT2D eigenvalue weighted by atomic mass is 10.1. The van der Waals surface area contributed by atoms with Crippen molar-refractivity contribution in [1.29, 1.82) is 0 Å². The Balaban J connectivity index is 0.000000270. The van der Waals surface area contributed by atoms with Crippen molar-refractivity contribution in [3.8, 4) is 0 Å². The molecule has 0 fully saturated rings.